The van der Waals surface area contributed by atoms with Gasteiger partial charge in [0.2, 0.25) is 12.2 Å². The standard InChI is InChI=1S/C17H13NO3S/c1-21-13-8-6-12(7-9-13)18(11-19)10-16-17(20)14-4-2-3-5-15(14)22-16/h2-11H,1H3/b16-10-. The summed E-state index contributed by atoms with van der Waals surface area (Å²) in [5.74, 6) is 0.655. The van der Waals surface area contributed by atoms with E-state index < -0.39 is 0 Å². The molecule has 2 aromatic rings. The molecule has 0 saturated carbocycles. The van der Waals surface area contributed by atoms with E-state index in [1.54, 1.807) is 43.6 Å². The van der Waals surface area contributed by atoms with Gasteiger partial charge in [0.1, 0.15) is 5.75 Å². The van der Waals surface area contributed by atoms with Gasteiger partial charge in [-0.25, -0.2) is 0 Å². The number of benzene rings is 2. The van der Waals surface area contributed by atoms with Gasteiger partial charge >= 0.3 is 0 Å². The van der Waals surface area contributed by atoms with E-state index in [0.717, 1.165) is 4.90 Å². The average molecular weight is 311 g/mol. The van der Waals surface area contributed by atoms with Gasteiger partial charge < -0.3 is 4.74 Å². The van der Waals surface area contributed by atoms with Gasteiger partial charge in [0.05, 0.1) is 12.0 Å². The third-order valence-corrected chi connectivity index (χ3v) is 4.40. The number of ether oxygens (including phenoxy) is 1. The molecule has 1 aliphatic rings. The highest BCUT2D eigenvalue weighted by molar-refractivity contribution is 8.04. The minimum atomic E-state index is -0.0547. The summed E-state index contributed by atoms with van der Waals surface area (Å²) in [7, 11) is 1.58. The Hall–Kier alpha value is -2.53. The van der Waals surface area contributed by atoms with Crippen LogP contribution in [-0.4, -0.2) is 19.3 Å². The summed E-state index contributed by atoms with van der Waals surface area (Å²) in [6.07, 6.45) is 2.26. The van der Waals surface area contributed by atoms with E-state index >= 15 is 0 Å². The Morgan fingerprint density at radius 1 is 1.09 bits per heavy atom. The number of hydrogen-bond acceptors (Lipinski definition) is 4. The Morgan fingerprint density at radius 2 is 1.82 bits per heavy atom. The fraction of sp³-hybridized carbons (Fsp3) is 0.0588. The molecule has 22 heavy (non-hydrogen) atoms. The van der Waals surface area contributed by atoms with Crippen molar-refractivity contribution in [2.45, 2.75) is 4.90 Å². The average Bonchev–Trinajstić information content (AvgIpc) is 2.89. The van der Waals surface area contributed by atoms with Crippen LogP contribution < -0.4 is 9.64 Å². The Balaban J connectivity index is 1.89. The first-order valence-electron chi connectivity index (χ1n) is 6.64. The highest BCUT2D eigenvalue weighted by atomic mass is 32.2. The number of methoxy groups -OCH3 is 1. The molecule has 5 heteroatoms. The highest BCUT2D eigenvalue weighted by Crippen LogP contribution is 2.40. The number of thioether (sulfide) groups is 1. The van der Waals surface area contributed by atoms with Crippen LogP contribution in [0, 0.1) is 0 Å². The lowest BCUT2D eigenvalue weighted by Crippen LogP contribution is -2.14. The first-order chi connectivity index (χ1) is 10.7. The van der Waals surface area contributed by atoms with Crippen molar-refractivity contribution >= 4 is 29.6 Å². The van der Waals surface area contributed by atoms with E-state index in [1.807, 2.05) is 18.2 Å². The predicted octanol–water partition coefficient (Wildman–Crippen LogP) is 3.49. The SMILES string of the molecule is COc1ccc(N(C=O)/C=C2\Sc3ccccc3C2=O)cc1. The zero-order valence-corrected chi connectivity index (χ0v) is 12.7. The summed E-state index contributed by atoms with van der Waals surface area (Å²) in [4.78, 5) is 26.5. The summed E-state index contributed by atoms with van der Waals surface area (Å²) in [6, 6.07) is 14.5. The predicted molar refractivity (Wildman–Crippen MR) is 86.2 cm³/mol. The maximum absolute atomic E-state index is 12.3. The van der Waals surface area contributed by atoms with E-state index in [2.05, 4.69) is 0 Å². The number of allylic oxidation sites excluding steroid dienone is 1. The quantitative estimate of drug-likeness (QED) is 0.640. The number of carbonyl (C=O) groups excluding carboxylic acids is 2. The molecule has 0 aromatic heterocycles. The number of carbonyl (C=O) groups is 2. The molecule has 0 unspecified atom stereocenters. The van der Waals surface area contributed by atoms with Crippen LogP contribution in [0.1, 0.15) is 10.4 Å². The zero-order chi connectivity index (χ0) is 15.5. The number of amides is 1. The van der Waals surface area contributed by atoms with Crippen molar-refractivity contribution in [3.8, 4) is 5.75 Å². The Morgan fingerprint density at radius 3 is 2.45 bits per heavy atom. The van der Waals surface area contributed by atoms with E-state index in [4.69, 9.17) is 4.74 Å². The van der Waals surface area contributed by atoms with Crippen molar-refractivity contribution in [2.24, 2.45) is 0 Å². The van der Waals surface area contributed by atoms with Crippen molar-refractivity contribution in [2.75, 3.05) is 12.0 Å². The van der Waals surface area contributed by atoms with E-state index in [-0.39, 0.29) is 5.78 Å². The molecule has 1 aliphatic heterocycles. The number of anilines is 1. The summed E-state index contributed by atoms with van der Waals surface area (Å²) in [6.45, 7) is 0. The van der Waals surface area contributed by atoms with Crippen LogP contribution in [0.2, 0.25) is 0 Å². The van der Waals surface area contributed by atoms with Gasteiger partial charge in [-0.3, -0.25) is 14.5 Å². The van der Waals surface area contributed by atoms with E-state index in [0.29, 0.717) is 28.3 Å². The molecular weight excluding hydrogens is 298 g/mol. The summed E-state index contributed by atoms with van der Waals surface area (Å²) in [5.41, 5.74) is 1.35. The molecule has 0 atom stereocenters. The number of ketones is 1. The van der Waals surface area contributed by atoms with Crippen molar-refractivity contribution in [1.82, 2.24) is 0 Å². The Labute approximate surface area is 132 Å². The highest BCUT2D eigenvalue weighted by Gasteiger charge is 2.26. The topological polar surface area (TPSA) is 46.6 Å². The van der Waals surface area contributed by atoms with Crippen LogP contribution in [0.5, 0.6) is 5.75 Å². The van der Waals surface area contributed by atoms with Crippen LogP contribution in [0.15, 0.2) is 64.5 Å². The van der Waals surface area contributed by atoms with Crippen LogP contribution in [0.3, 0.4) is 0 Å². The van der Waals surface area contributed by atoms with E-state index in [9.17, 15) is 9.59 Å². The van der Waals surface area contributed by atoms with Crippen LogP contribution in [0.25, 0.3) is 0 Å². The fourth-order valence-corrected chi connectivity index (χ4v) is 3.20. The van der Waals surface area contributed by atoms with E-state index in [1.165, 1.54) is 16.7 Å². The summed E-state index contributed by atoms with van der Waals surface area (Å²) in [5, 5.41) is 0. The number of hydrogen-bond donors (Lipinski definition) is 0. The second kappa shape index (κ2) is 6.07. The molecule has 3 rings (SSSR count). The first-order valence-corrected chi connectivity index (χ1v) is 7.45. The lowest BCUT2D eigenvalue weighted by Gasteiger charge is -2.13. The molecule has 0 bridgehead atoms. The maximum atomic E-state index is 12.3. The number of fused-ring (bicyclic) bond motifs is 1. The van der Waals surface area contributed by atoms with Crippen molar-refractivity contribution in [3.05, 3.63) is 65.2 Å². The summed E-state index contributed by atoms with van der Waals surface area (Å²) < 4.78 is 5.09. The molecule has 0 aliphatic carbocycles. The number of nitrogens with zero attached hydrogens (tertiary/aromatic N) is 1. The van der Waals surface area contributed by atoms with Gasteiger partial charge in [0.15, 0.2) is 0 Å². The number of rotatable bonds is 4. The minimum Gasteiger partial charge on any atom is -0.497 e. The molecule has 0 saturated heterocycles. The van der Waals surface area contributed by atoms with Gasteiger partial charge in [-0.1, -0.05) is 23.9 Å². The summed E-state index contributed by atoms with van der Waals surface area (Å²) >= 11 is 1.38. The monoisotopic (exact) mass is 311 g/mol. The largest absolute Gasteiger partial charge is 0.497 e. The van der Waals surface area contributed by atoms with Gasteiger partial charge in [0, 0.05) is 22.3 Å². The van der Waals surface area contributed by atoms with Gasteiger partial charge in [-0.2, -0.15) is 0 Å². The molecule has 110 valence electrons. The van der Waals surface area contributed by atoms with Crippen LogP contribution in [-0.2, 0) is 4.79 Å². The fourth-order valence-electron chi connectivity index (χ4n) is 2.17. The second-order valence-electron chi connectivity index (χ2n) is 4.63. The maximum Gasteiger partial charge on any atom is 0.218 e. The Kier molecular flexibility index (Phi) is 3.98. The molecule has 0 fully saturated rings. The molecule has 2 aromatic carbocycles. The molecule has 0 N–H and O–H groups in total. The third kappa shape index (κ3) is 2.63. The van der Waals surface area contributed by atoms with Gasteiger partial charge in [0.25, 0.3) is 0 Å². The third-order valence-electron chi connectivity index (χ3n) is 3.32. The Bertz CT molecular complexity index is 753. The van der Waals surface area contributed by atoms with Crippen molar-refractivity contribution in [1.29, 1.82) is 0 Å². The molecule has 0 spiro atoms. The molecular formula is C17H13NO3S. The second-order valence-corrected chi connectivity index (χ2v) is 5.72. The lowest BCUT2D eigenvalue weighted by molar-refractivity contribution is -0.106. The van der Waals surface area contributed by atoms with Gasteiger partial charge in [-0.15, -0.1) is 0 Å². The first kappa shape index (κ1) is 14.4. The van der Waals surface area contributed by atoms with Gasteiger partial charge in [-0.05, 0) is 36.4 Å². The molecule has 1 amide bonds. The normalized spacial score (nSPS) is 14.8. The van der Waals surface area contributed by atoms with Crippen LogP contribution in [0.4, 0.5) is 5.69 Å². The smallest absolute Gasteiger partial charge is 0.218 e. The molecule has 0 radical (unpaired) electrons. The molecule has 1 heterocycles. The lowest BCUT2D eigenvalue weighted by atomic mass is 10.1. The minimum absolute atomic E-state index is 0.0547. The van der Waals surface area contributed by atoms with Crippen molar-refractivity contribution < 1.29 is 14.3 Å². The van der Waals surface area contributed by atoms with Crippen LogP contribution >= 0.6 is 11.8 Å². The number of Topliss-reactive ketones (excluding diaryl/α,β-unsaturated/α-hetero) is 1. The molecule has 4 nitrogen and oxygen atoms in total. The zero-order valence-electron chi connectivity index (χ0n) is 11.9. The van der Waals surface area contributed by atoms with Crippen molar-refractivity contribution in [3.63, 3.8) is 0 Å².